The molecule has 0 saturated heterocycles. The van der Waals surface area contributed by atoms with Gasteiger partial charge in [0.1, 0.15) is 5.92 Å². The monoisotopic (exact) mass is 137 g/mol. The van der Waals surface area contributed by atoms with E-state index in [9.17, 15) is 9.59 Å². The van der Waals surface area contributed by atoms with Gasteiger partial charge in [0.15, 0.2) is 5.78 Å². The number of ketones is 1. The number of aliphatic carboxylic acids is 1. The lowest BCUT2D eigenvalue weighted by molar-refractivity contribution is -0.143. The van der Waals surface area contributed by atoms with Crippen molar-refractivity contribution in [2.24, 2.45) is 5.92 Å². The summed E-state index contributed by atoms with van der Waals surface area (Å²) in [4.78, 5) is 20.9. The number of hydrogen-bond donors (Lipinski definition) is 1. The molecule has 1 aliphatic carbocycles. The first-order chi connectivity index (χ1) is 4.72. The molecule has 51 valence electrons. The molecule has 1 N–H and O–H groups in total. The molecular formula is C7H5O3. The Balaban J connectivity index is 2.80. The zero-order chi connectivity index (χ0) is 7.56. The minimum Gasteiger partial charge on any atom is -0.480 e. The van der Waals surface area contributed by atoms with Crippen LogP contribution in [0, 0.1) is 12.0 Å². The SMILES string of the molecule is O=C(O)C1C=CC=[C]C1=O. The Morgan fingerprint density at radius 2 is 2.40 bits per heavy atom. The molecule has 0 saturated carbocycles. The average Bonchev–Trinajstić information content (AvgIpc) is 1.88. The Morgan fingerprint density at radius 3 is 2.80 bits per heavy atom. The van der Waals surface area contributed by atoms with E-state index < -0.39 is 17.7 Å². The summed E-state index contributed by atoms with van der Waals surface area (Å²) < 4.78 is 0. The Kier molecular flexibility index (Phi) is 1.67. The molecule has 1 aliphatic rings. The smallest absolute Gasteiger partial charge is 0.318 e. The van der Waals surface area contributed by atoms with E-state index in [0.717, 1.165) is 0 Å². The van der Waals surface area contributed by atoms with Crippen LogP contribution in [0.2, 0.25) is 0 Å². The van der Waals surface area contributed by atoms with Crippen molar-refractivity contribution >= 4 is 11.8 Å². The van der Waals surface area contributed by atoms with Crippen LogP contribution in [0.15, 0.2) is 18.2 Å². The maximum Gasteiger partial charge on any atom is 0.318 e. The largest absolute Gasteiger partial charge is 0.480 e. The van der Waals surface area contributed by atoms with Crippen molar-refractivity contribution in [2.45, 2.75) is 0 Å². The minimum absolute atomic E-state index is 0.491. The highest BCUT2D eigenvalue weighted by atomic mass is 16.4. The third kappa shape index (κ3) is 1.13. The van der Waals surface area contributed by atoms with Crippen LogP contribution in [0.4, 0.5) is 0 Å². The van der Waals surface area contributed by atoms with Crippen molar-refractivity contribution in [3.8, 4) is 0 Å². The first-order valence-electron chi connectivity index (χ1n) is 2.75. The Hall–Kier alpha value is -1.38. The van der Waals surface area contributed by atoms with Crippen molar-refractivity contribution < 1.29 is 14.7 Å². The summed E-state index contributed by atoms with van der Waals surface area (Å²) >= 11 is 0. The number of rotatable bonds is 1. The standard InChI is InChI=1S/C7H5O3/c8-6-4-2-1-3-5(6)7(9)10/h1-3,5H,(H,9,10). The molecule has 0 aromatic carbocycles. The average molecular weight is 137 g/mol. The van der Waals surface area contributed by atoms with Gasteiger partial charge in [-0.1, -0.05) is 18.2 Å². The van der Waals surface area contributed by atoms with E-state index in [1.807, 2.05) is 0 Å². The van der Waals surface area contributed by atoms with Crippen LogP contribution in [0.1, 0.15) is 0 Å². The molecule has 0 heterocycles. The topological polar surface area (TPSA) is 54.4 Å². The van der Waals surface area contributed by atoms with Gasteiger partial charge in [0.05, 0.1) is 0 Å². The van der Waals surface area contributed by atoms with E-state index in [-0.39, 0.29) is 0 Å². The molecule has 0 amide bonds. The fourth-order valence-corrected chi connectivity index (χ4v) is 0.669. The van der Waals surface area contributed by atoms with Gasteiger partial charge < -0.3 is 5.11 Å². The summed E-state index contributed by atoms with van der Waals surface area (Å²) in [5.74, 6) is -2.64. The van der Waals surface area contributed by atoms with E-state index in [4.69, 9.17) is 5.11 Å². The normalized spacial score (nSPS) is 23.2. The third-order valence-corrected chi connectivity index (χ3v) is 1.17. The van der Waals surface area contributed by atoms with E-state index in [1.54, 1.807) is 0 Å². The van der Waals surface area contributed by atoms with Crippen molar-refractivity contribution in [3.63, 3.8) is 0 Å². The van der Waals surface area contributed by atoms with Crippen LogP contribution in [0.5, 0.6) is 0 Å². The molecule has 1 radical (unpaired) electrons. The van der Waals surface area contributed by atoms with E-state index in [2.05, 4.69) is 6.08 Å². The van der Waals surface area contributed by atoms with Gasteiger partial charge in [-0.15, -0.1) is 0 Å². The Bertz CT molecular complexity index is 225. The van der Waals surface area contributed by atoms with Crippen molar-refractivity contribution in [1.29, 1.82) is 0 Å². The summed E-state index contributed by atoms with van der Waals surface area (Å²) in [6, 6.07) is 0. The van der Waals surface area contributed by atoms with Gasteiger partial charge in [-0.25, -0.2) is 0 Å². The second kappa shape index (κ2) is 2.47. The Morgan fingerprint density at radius 1 is 1.70 bits per heavy atom. The predicted octanol–water partition coefficient (Wildman–Crippen LogP) is 0.185. The first kappa shape index (κ1) is 6.74. The summed E-state index contributed by atoms with van der Waals surface area (Å²) in [6.07, 6.45) is 6.52. The van der Waals surface area contributed by atoms with Gasteiger partial charge in [-0.2, -0.15) is 0 Å². The molecule has 1 rings (SSSR count). The minimum atomic E-state index is -1.12. The van der Waals surface area contributed by atoms with Crippen LogP contribution >= 0.6 is 0 Å². The molecule has 1 unspecified atom stereocenters. The van der Waals surface area contributed by atoms with Crippen LogP contribution in [0.25, 0.3) is 0 Å². The highest BCUT2D eigenvalue weighted by Gasteiger charge is 2.22. The number of Topliss-reactive ketones (excluding diaryl/α,β-unsaturated/α-hetero) is 1. The molecule has 0 aromatic rings. The molecular weight excluding hydrogens is 132 g/mol. The Labute approximate surface area is 57.7 Å². The van der Waals surface area contributed by atoms with E-state index in [0.29, 0.717) is 0 Å². The lowest BCUT2D eigenvalue weighted by atomic mass is 10.0. The summed E-state index contributed by atoms with van der Waals surface area (Å²) in [5, 5.41) is 8.38. The number of allylic oxidation sites excluding steroid dienone is 3. The van der Waals surface area contributed by atoms with Gasteiger partial charge in [-0.05, 0) is 0 Å². The molecule has 3 heteroatoms. The number of hydrogen-bond acceptors (Lipinski definition) is 2. The molecule has 10 heavy (non-hydrogen) atoms. The maximum atomic E-state index is 10.7. The molecule has 3 nitrogen and oxygen atoms in total. The van der Waals surface area contributed by atoms with Crippen LogP contribution < -0.4 is 0 Å². The lowest BCUT2D eigenvalue weighted by Gasteiger charge is -2.03. The molecule has 1 atom stereocenters. The van der Waals surface area contributed by atoms with Gasteiger partial charge in [0.25, 0.3) is 0 Å². The van der Waals surface area contributed by atoms with Crippen LogP contribution in [-0.4, -0.2) is 16.9 Å². The molecule has 0 aromatic heterocycles. The first-order valence-corrected chi connectivity index (χ1v) is 2.75. The quantitative estimate of drug-likeness (QED) is 0.524. The van der Waals surface area contributed by atoms with Crippen molar-refractivity contribution in [1.82, 2.24) is 0 Å². The van der Waals surface area contributed by atoms with Crippen LogP contribution in [0.3, 0.4) is 0 Å². The van der Waals surface area contributed by atoms with E-state index in [1.165, 1.54) is 18.2 Å². The fraction of sp³-hybridized carbons (Fsp3) is 0.143. The zero-order valence-electron chi connectivity index (χ0n) is 5.07. The van der Waals surface area contributed by atoms with Crippen molar-refractivity contribution in [3.05, 3.63) is 24.3 Å². The van der Waals surface area contributed by atoms with Gasteiger partial charge in [0.2, 0.25) is 0 Å². The molecule has 0 bridgehead atoms. The van der Waals surface area contributed by atoms with E-state index >= 15 is 0 Å². The highest BCUT2D eigenvalue weighted by molar-refractivity contribution is 6.04. The number of carbonyl (C=O) groups is 2. The second-order valence-corrected chi connectivity index (χ2v) is 1.88. The second-order valence-electron chi connectivity index (χ2n) is 1.88. The predicted molar refractivity (Wildman–Crippen MR) is 33.1 cm³/mol. The van der Waals surface area contributed by atoms with Crippen LogP contribution in [-0.2, 0) is 9.59 Å². The van der Waals surface area contributed by atoms with Gasteiger partial charge >= 0.3 is 5.97 Å². The molecule has 0 spiro atoms. The van der Waals surface area contributed by atoms with Crippen molar-refractivity contribution in [2.75, 3.05) is 0 Å². The highest BCUT2D eigenvalue weighted by Crippen LogP contribution is 2.06. The number of carbonyl (C=O) groups excluding carboxylic acids is 1. The summed E-state index contributed by atoms with van der Waals surface area (Å²) in [6.45, 7) is 0. The zero-order valence-corrected chi connectivity index (χ0v) is 5.07. The molecule has 0 aliphatic heterocycles. The number of carboxylic acid groups (broad SMARTS) is 1. The van der Waals surface area contributed by atoms with Gasteiger partial charge in [-0.3, -0.25) is 9.59 Å². The molecule has 0 fully saturated rings. The summed E-state index contributed by atoms with van der Waals surface area (Å²) in [7, 11) is 0. The fourth-order valence-electron chi connectivity index (χ4n) is 0.669. The lowest BCUT2D eigenvalue weighted by Crippen LogP contribution is -2.21. The maximum absolute atomic E-state index is 10.7. The van der Waals surface area contributed by atoms with Gasteiger partial charge in [0, 0.05) is 6.08 Å². The third-order valence-electron chi connectivity index (χ3n) is 1.17. The number of carboxylic acids is 1. The summed E-state index contributed by atoms with van der Waals surface area (Å²) in [5.41, 5.74) is 0.